The summed E-state index contributed by atoms with van der Waals surface area (Å²) in [6, 6.07) is 2.79. The van der Waals surface area contributed by atoms with Gasteiger partial charge in [0, 0.05) is 42.8 Å². The second-order valence-corrected chi connectivity index (χ2v) is 5.21. The zero-order valence-corrected chi connectivity index (χ0v) is 11.1. The van der Waals surface area contributed by atoms with Crippen molar-refractivity contribution in [1.29, 1.82) is 0 Å². The lowest BCUT2D eigenvalue weighted by molar-refractivity contribution is 0.377. The Morgan fingerprint density at radius 3 is 3.00 bits per heavy atom. The van der Waals surface area contributed by atoms with Crippen molar-refractivity contribution in [3.63, 3.8) is 0 Å². The Morgan fingerprint density at radius 1 is 1.47 bits per heavy atom. The summed E-state index contributed by atoms with van der Waals surface area (Å²) < 4.78 is 0. The van der Waals surface area contributed by atoms with E-state index in [2.05, 4.69) is 35.1 Å². The van der Waals surface area contributed by atoms with E-state index in [1.807, 2.05) is 19.4 Å². The van der Waals surface area contributed by atoms with Gasteiger partial charge < -0.3 is 10.2 Å². The maximum absolute atomic E-state index is 4.23. The molecular weight excluding hydrogens is 210 g/mol. The highest BCUT2D eigenvalue weighted by atomic mass is 15.2. The number of nitrogens with zero attached hydrogens (tertiary/aromatic N) is 2. The molecule has 0 bridgehead atoms. The molecule has 1 N–H and O–H groups in total. The summed E-state index contributed by atoms with van der Waals surface area (Å²) in [6.07, 6.45) is 6.48. The van der Waals surface area contributed by atoms with Crippen LogP contribution in [0.1, 0.15) is 32.3 Å². The van der Waals surface area contributed by atoms with E-state index < -0.39 is 0 Å². The number of hydrogen-bond donors (Lipinski definition) is 1. The molecule has 2 rings (SSSR count). The van der Waals surface area contributed by atoms with Gasteiger partial charge in [0.1, 0.15) is 0 Å². The zero-order valence-electron chi connectivity index (χ0n) is 11.1. The molecule has 3 nitrogen and oxygen atoms in total. The summed E-state index contributed by atoms with van der Waals surface area (Å²) in [6.45, 7) is 6.75. The minimum absolute atomic E-state index is 0.636. The fraction of sp³-hybridized carbons (Fsp3) is 0.643. The normalized spacial score (nSPS) is 25.0. The largest absolute Gasteiger partial charge is 0.368 e. The van der Waals surface area contributed by atoms with Crippen molar-refractivity contribution >= 4 is 5.69 Å². The van der Waals surface area contributed by atoms with Gasteiger partial charge in [0.25, 0.3) is 0 Å². The monoisotopic (exact) mass is 233 g/mol. The molecule has 1 aliphatic heterocycles. The van der Waals surface area contributed by atoms with E-state index in [1.54, 1.807) is 0 Å². The molecule has 3 heteroatoms. The number of pyridine rings is 1. The Balaban J connectivity index is 2.21. The van der Waals surface area contributed by atoms with E-state index in [0.717, 1.165) is 12.5 Å². The molecule has 0 aliphatic carbocycles. The van der Waals surface area contributed by atoms with Gasteiger partial charge in [-0.3, -0.25) is 4.98 Å². The van der Waals surface area contributed by atoms with Gasteiger partial charge in [-0.1, -0.05) is 6.92 Å². The summed E-state index contributed by atoms with van der Waals surface area (Å²) >= 11 is 0. The third kappa shape index (κ3) is 2.78. The molecule has 0 saturated carbocycles. The molecule has 1 aliphatic rings. The third-order valence-electron chi connectivity index (χ3n) is 3.69. The molecule has 1 aromatic heterocycles. The van der Waals surface area contributed by atoms with Crippen LogP contribution in [0, 0.1) is 5.92 Å². The van der Waals surface area contributed by atoms with E-state index in [1.165, 1.54) is 30.6 Å². The quantitative estimate of drug-likeness (QED) is 0.869. The van der Waals surface area contributed by atoms with Crippen LogP contribution in [0.15, 0.2) is 18.5 Å². The molecular formula is C14H23N3. The molecule has 0 amide bonds. The Kier molecular flexibility index (Phi) is 4.00. The second kappa shape index (κ2) is 5.50. The lowest BCUT2D eigenvalue weighted by atomic mass is 9.92. The Hall–Kier alpha value is -1.09. The molecule has 17 heavy (non-hydrogen) atoms. The van der Waals surface area contributed by atoms with Crippen LogP contribution in [0.25, 0.3) is 0 Å². The Labute approximate surface area is 104 Å². The lowest BCUT2D eigenvalue weighted by Gasteiger charge is -2.39. The van der Waals surface area contributed by atoms with Gasteiger partial charge in [0.05, 0.1) is 0 Å². The smallest absolute Gasteiger partial charge is 0.0445 e. The van der Waals surface area contributed by atoms with Crippen LogP contribution in [0.5, 0.6) is 0 Å². The topological polar surface area (TPSA) is 28.2 Å². The van der Waals surface area contributed by atoms with Gasteiger partial charge in [-0.25, -0.2) is 0 Å². The fourth-order valence-corrected chi connectivity index (χ4v) is 2.79. The predicted molar refractivity (Wildman–Crippen MR) is 72.2 cm³/mol. The van der Waals surface area contributed by atoms with Gasteiger partial charge in [-0.2, -0.15) is 0 Å². The van der Waals surface area contributed by atoms with Crippen LogP contribution in [-0.4, -0.2) is 24.6 Å². The van der Waals surface area contributed by atoms with Crippen molar-refractivity contribution in [1.82, 2.24) is 10.3 Å². The number of rotatable bonds is 3. The number of aromatic nitrogens is 1. The van der Waals surface area contributed by atoms with Crippen molar-refractivity contribution in [3.05, 3.63) is 24.0 Å². The minimum atomic E-state index is 0.636. The maximum Gasteiger partial charge on any atom is 0.0445 e. The van der Waals surface area contributed by atoms with Crippen LogP contribution < -0.4 is 10.2 Å². The van der Waals surface area contributed by atoms with Gasteiger partial charge in [0.15, 0.2) is 0 Å². The number of piperidine rings is 1. The minimum Gasteiger partial charge on any atom is -0.368 e. The van der Waals surface area contributed by atoms with Crippen LogP contribution in [0.4, 0.5) is 5.69 Å². The fourth-order valence-electron chi connectivity index (χ4n) is 2.79. The van der Waals surface area contributed by atoms with Crippen LogP contribution in [0.3, 0.4) is 0 Å². The van der Waals surface area contributed by atoms with Gasteiger partial charge in [0.2, 0.25) is 0 Å². The second-order valence-electron chi connectivity index (χ2n) is 5.21. The van der Waals surface area contributed by atoms with Crippen LogP contribution in [0.2, 0.25) is 0 Å². The highest BCUT2D eigenvalue weighted by Crippen LogP contribution is 2.29. The number of nitrogens with one attached hydrogen (secondary N) is 1. The van der Waals surface area contributed by atoms with Crippen molar-refractivity contribution < 1.29 is 0 Å². The van der Waals surface area contributed by atoms with Crippen molar-refractivity contribution in [3.8, 4) is 0 Å². The lowest BCUT2D eigenvalue weighted by Crippen LogP contribution is -2.40. The Bertz CT molecular complexity index is 364. The first-order chi connectivity index (χ1) is 8.22. The van der Waals surface area contributed by atoms with E-state index >= 15 is 0 Å². The summed E-state index contributed by atoms with van der Waals surface area (Å²) in [5.74, 6) is 0.857. The predicted octanol–water partition coefficient (Wildman–Crippen LogP) is 2.43. The molecule has 1 fully saturated rings. The summed E-state index contributed by atoms with van der Waals surface area (Å²) in [5, 5.41) is 3.22. The van der Waals surface area contributed by atoms with E-state index in [4.69, 9.17) is 0 Å². The van der Waals surface area contributed by atoms with Crippen LogP contribution >= 0.6 is 0 Å². The average molecular weight is 233 g/mol. The highest BCUT2D eigenvalue weighted by Gasteiger charge is 2.24. The molecule has 0 radical (unpaired) electrons. The first-order valence-electron chi connectivity index (χ1n) is 6.56. The SMILES string of the molecule is CNCc1cnccc1N1CCC(C)CC1C. The van der Waals surface area contributed by atoms with E-state index in [-0.39, 0.29) is 0 Å². The summed E-state index contributed by atoms with van der Waals surface area (Å²) in [5.41, 5.74) is 2.66. The highest BCUT2D eigenvalue weighted by molar-refractivity contribution is 5.53. The zero-order chi connectivity index (χ0) is 12.3. The molecule has 0 spiro atoms. The van der Waals surface area contributed by atoms with Crippen molar-refractivity contribution in [2.75, 3.05) is 18.5 Å². The molecule has 1 aromatic rings. The molecule has 2 heterocycles. The Morgan fingerprint density at radius 2 is 2.29 bits per heavy atom. The molecule has 0 aromatic carbocycles. The molecule has 2 atom stereocenters. The number of hydrogen-bond acceptors (Lipinski definition) is 3. The molecule has 1 saturated heterocycles. The summed E-state index contributed by atoms with van der Waals surface area (Å²) in [7, 11) is 1.98. The third-order valence-corrected chi connectivity index (χ3v) is 3.69. The molecule has 2 unspecified atom stereocenters. The van der Waals surface area contributed by atoms with Crippen LogP contribution in [-0.2, 0) is 6.54 Å². The number of anilines is 1. The van der Waals surface area contributed by atoms with Gasteiger partial charge >= 0.3 is 0 Å². The van der Waals surface area contributed by atoms with E-state index in [0.29, 0.717) is 6.04 Å². The maximum atomic E-state index is 4.23. The summed E-state index contributed by atoms with van der Waals surface area (Å²) in [4.78, 5) is 6.77. The average Bonchev–Trinajstić information content (AvgIpc) is 2.31. The first-order valence-corrected chi connectivity index (χ1v) is 6.56. The van der Waals surface area contributed by atoms with E-state index in [9.17, 15) is 0 Å². The standard InChI is InChI=1S/C14H23N3/c1-11-5-7-17(12(2)8-11)14-4-6-16-10-13(14)9-15-3/h4,6,10-12,15H,5,7-9H2,1-3H3. The van der Waals surface area contributed by atoms with Crippen molar-refractivity contribution in [2.24, 2.45) is 5.92 Å². The van der Waals surface area contributed by atoms with Gasteiger partial charge in [-0.15, -0.1) is 0 Å². The molecule has 94 valence electrons. The van der Waals surface area contributed by atoms with Gasteiger partial charge in [-0.05, 0) is 38.8 Å². The van der Waals surface area contributed by atoms with Crippen molar-refractivity contribution in [2.45, 2.75) is 39.3 Å². The first kappa shape index (κ1) is 12.4.